The smallest absolute Gasteiger partial charge is 0.0701 e. The molecule has 0 aliphatic carbocycles. The van der Waals surface area contributed by atoms with Crippen LogP contribution in [0.4, 0.5) is 0 Å². The normalized spacial score (nSPS) is 12.7. The molecule has 0 saturated heterocycles. The zero-order valence-electron chi connectivity index (χ0n) is 10.6. The number of halogens is 2. The molecule has 0 aliphatic heterocycles. The highest BCUT2D eigenvalue weighted by Crippen LogP contribution is 2.32. The zero-order valence-corrected chi connectivity index (χ0v) is 14.5. The lowest BCUT2D eigenvalue weighted by molar-refractivity contribution is 0.689. The second-order valence-corrected chi connectivity index (χ2v) is 7.51. The molecule has 1 aromatic heterocycles. The molecular formula is C14H15Br2NS. The third kappa shape index (κ3) is 2.87. The Morgan fingerprint density at radius 3 is 2.39 bits per heavy atom. The zero-order chi connectivity index (χ0) is 13.3. The third-order valence-electron chi connectivity index (χ3n) is 3.07. The van der Waals surface area contributed by atoms with Gasteiger partial charge in [0.25, 0.3) is 0 Å². The minimum absolute atomic E-state index is 0.249. The van der Waals surface area contributed by atoms with E-state index < -0.39 is 0 Å². The van der Waals surface area contributed by atoms with Crippen molar-refractivity contribution in [2.75, 3.05) is 7.05 Å². The van der Waals surface area contributed by atoms with Gasteiger partial charge in [0.05, 0.1) is 9.83 Å². The fraction of sp³-hybridized carbons (Fsp3) is 0.286. The average Bonchev–Trinajstić information content (AvgIpc) is 2.73. The quantitative estimate of drug-likeness (QED) is 0.761. The largest absolute Gasteiger partial charge is 0.309 e. The van der Waals surface area contributed by atoms with Crippen molar-refractivity contribution >= 4 is 43.2 Å². The van der Waals surface area contributed by atoms with Crippen molar-refractivity contribution in [3.8, 4) is 0 Å². The topological polar surface area (TPSA) is 12.0 Å². The van der Waals surface area contributed by atoms with E-state index in [0.717, 1.165) is 0 Å². The first-order valence-corrected chi connectivity index (χ1v) is 8.17. The molecule has 1 N–H and O–H groups in total. The highest BCUT2D eigenvalue weighted by molar-refractivity contribution is 9.11. The molecule has 1 atom stereocenters. The molecule has 18 heavy (non-hydrogen) atoms. The summed E-state index contributed by atoms with van der Waals surface area (Å²) in [6.07, 6.45) is 0. The van der Waals surface area contributed by atoms with E-state index in [9.17, 15) is 0 Å². The minimum Gasteiger partial charge on any atom is -0.309 e. The van der Waals surface area contributed by atoms with E-state index in [1.54, 1.807) is 11.3 Å². The summed E-state index contributed by atoms with van der Waals surface area (Å²) in [7, 11) is 2.01. The van der Waals surface area contributed by atoms with Gasteiger partial charge in [0.1, 0.15) is 0 Å². The molecule has 0 bridgehead atoms. The molecule has 1 aromatic carbocycles. The summed E-state index contributed by atoms with van der Waals surface area (Å²) in [6.45, 7) is 4.29. The van der Waals surface area contributed by atoms with Crippen LogP contribution in [0.3, 0.4) is 0 Å². The fourth-order valence-corrected chi connectivity index (χ4v) is 3.75. The monoisotopic (exact) mass is 387 g/mol. The molecule has 0 amide bonds. The molecule has 0 radical (unpaired) electrons. The molecule has 1 nitrogen and oxygen atoms in total. The Labute approximate surface area is 129 Å². The van der Waals surface area contributed by atoms with Crippen LogP contribution in [0.1, 0.15) is 28.3 Å². The summed E-state index contributed by atoms with van der Waals surface area (Å²) in [4.78, 5) is 0. The van der Waals surface area contributed by atoms with Crippen molar-refractivity contribution in [1.29, 1.82) is 0 Å². The van der Waals surface area contributed by atoms with Crippen LogP contribution in [0.5, 0.6) is 0 Å². The number of thiophene rings is 1. The molecule has 4 heteroatoms. The van der Waals surface area contributed by atoms with Crippen LogP contribution >= 0.6 is 43.2 Å². The lowest BCUT2D eigenvalue weighted by atomic mass is 9.95. The van der Waals surface area contributed by atoms with Gasteiger partial charge in [-0.3, -0.25) is 0 Å². The Kier molecular flexibility index (Phi) is 4.64. The van der Waals surface area contributed by atoms with Gasteiger partial charge in [0, 0.05) is 4.47 Å². The maximum atomic E-state index is 3.59. The maximum absolute atomic E-state index is 3.59. The Morgan fingerprint density at radius 1 is 1.11 bits per heavy atom. The summed E-state index contributed by atoms with van der Waals surface area (Å²) in [5, 5.41) is 5.60. The Hall–Kier alpha value is -0.160. The van der Waals surface area contributed by atoms with Gasteiger partial charge in [0.2, 0.25) is 0 Å². The summed E-state index contributed by atoms with van der Waals surface area (Å²) in [5.74, 6) is 0. The van der Waals surface area contributed by atoms with Crippen molar-refractivity contribution in [1.82, 2.24) is 5.32 Å². The van der Waals surface area contributed by atoms with Gasteiger partial charge in [0.15, 0.2) is 0 Å². The van der Waals surface area contributed by atoms with E-state index in [0.29, 0.717) is 0 Å². The highest BCUT2D eigenvalue weighted by Gasteiger charge is 2.16. The first-order valence-electron chi connectivity index (χ1n) is 5.70. The number of hydrogen-bond donors (Lipinski definition) is 1. The first kappa shape index (κ1) is 14.3. The molecule has 96 valence electrons. The SMILES string of the molecule is CNC(c1csc(Br)c1)c1cc(C)c(Br)cc1C. The fourth-order valence-electron chi connectivity index (χ4n) is 2.09. The summed E-state index contributed by atoms with van der Waals surface area (Å²) >= 11 is 8.84. The van der Waals surface area contributed by atoms with Gasteiger partial charge in [-0.25, -0.2) is 0 Å². The van der Waals surface area contributed by atoms with E-state index in [4.69, 9.17) is 0 Å². The molecule has 1 heterocycles. The van der Waals surface area contributed by atoms with E-state index >= 15 is 0 Å². The first-order chi connectivity index (χ1) is 8.52. The molecule has 0 fully saturated rings. The standard InChI is InChI=1S/C14H15Br2NS/c1-8-5-12(15)9(2)4-11(8)14(17-3)10-6-13(16)18-7-10/h4-7,14,17H,1-3H3. The van der Waals surface area contributed by atoms with Crippen molar-refractivity contribution in [2.24, 2.45) is 0 Å². The van der Waals surface area contributed by atoms with Crippen LogP contribution in [0.2, 0.25) is 0 Å². The summed E-state index contributed by atoms with van der Waals surface area (Å²) in [5.41, 5.74) is 5.21. The Bertz CT molecular complexity index is 563. The lowest BCUT2D eigenvalue weighted by Crippen LogP contribution is -2.18. The van der Waals surface area contributed by atoms with Crippen LogP contribution in [0.15, 0.2) is 31.8 Å². The second kappa shape index (κ2) is 5.87. The average molecular weight is 389 g/mol. The van der Waals surface area contributed by atoms with E-state index in [-0.39, 0.29) is 6.04 Å². The van der Waals surface area contributed by atoms with E-state index in [2.05, 4.69) is 74.6 Å². The van der Waals surface area contributed by atoms with Crippen LogP contribution in [0, 0.1) is 13.8 Å². The van der Waals surface area contributed by atoms with Crippen molar-refractivity contribution < 1.29 is 0 Å². The van der Waals surface area contributed by atoms with Crippen molar-refractivity contribution in [3.63, 3.8) is 0 Å². The predicted molar refractivity (Wildman–Crippen MR) is 86.5 cm³/mol. The van der Waals surface area contributed by atoms with Crippen LogP contribution in [-0.4, -0.2) is 7.05 Å². The number of aryl methyl sites for hydroxylation is 2. The van der Waals surface area contributed by atoms with Gasteiger partial charge < -0.3 is 5.32 Å². The van der Waals surface area contributed by atoms with Crippen molar-refractivity contribution in [2.45, 2.75) is 19.9 Å². The predicted octanol–water partition coefficient (Wildman–Crippen LogP) is 5.20. The maximum Gasteiger partial charge on any atom is 0.0701 e. The number of hydrogen-bond acceptors (Lipinski definition) is 2. The second-order valence-electron chi connectivity index (χ2n) is 4.36. The summed E-state index contributed by atoms with van der Waals surface area (Å²) in [6, 6.07) is 6.88. The number of rotatable bonds is 3. The third-order valence-corrected chi connectivity index (χ3v) is 5.45. The van der Waals surface area contributed by atoms with Crippen molar-refractivity contribution in [3.05, 3.63) is 54.1 Å². The number of benzene rings is 1. The molecule has 0 saturated carbocycles. The van der Waals surface area contributed by atoms with E-state index in [1.165, 1.54) is 30.5 Å². The van der Waals surface area contributed by atoms with Crippen LogP contribution < -0.4 is 5.32 Å². The Balaban J connectivity index is 2.48. The minimum atomic E-state index is 0.249. The highest BCUT2D eigenvalue weighted by atomic mass is 79.9. The van der Waals surface area contributed by atoms with Gasteiger partial charge >= 0.3 is 0 Å². The van der Waals surface area contributed by atoms with Crippen LogP contribution in [0.25, 0.3) is 0 Å². The molecule has 0 aliphatic rings. The number of nitrogens with one attached hydrogen (secondary N) is 1. The van der Waals surface area contributed by atoms with Gasteiger partial charge in [-0.05, 0) is 76.6 Å². The molecule has 2 aromatic rings. The molecular weight excluding hydrogens is 374 g/mol. The molecule has 0 spiro atoms. The van der Waals surface area contributed by atoms with Gasteiger partial charge in [-0.1, -0.05) is 22.0 Å². The van der Waals surface area contributed by atoms with E-state index in [1.807, 2.05) is 7.05 Å². The van der Waals surface area contributed by atoms with Crippen LogP contribution in [-0.2, 0) is 0 Å². The van der Waals surface area contributed by atoms with Gasteiger partial charge in [-0.2, -0.15) is 0 Å². The summed E-state index contributed by atoms with van der Waals surface area (Å²) < 4.78 is 2.34. The van der Waals surface area contributed by atoms with Gasteiger partial charge in [-0.15, -0.1) is 11.3 Å². The lowest BCUT2D eigenvalue weighted by Gasteiger charge is -2.19. The molecule has 2 rings (SSSR count). The molecule has 1 unspecified atom stereocenters. The Morgan fingerprint density at radius 2 is 1.83 bits per heavy atom.